The maximum atomic E-state index is 13.4. The minimum Gasteiger partial charge on any atom is -0.351 e. The first-order valence-corrected chi connectivity index (χ1v) is 10.6. The zero-order valence-corrected chi connectivity index (χ0v) is 18.7. The normalized spacial score (nSPS) is 12.8. The predicted octanol–water partition coefficient (Wildman–Crippen LogP) is 4.74. The number of halogens is 1. The van der Waals surface area contributed by atoms with E-state index in [4.69, 9.17) is 16.6 Å². The van der Waals surface area contributed by atoms with Crippen LogP contribution in [-0.4, -0.2) is 26.2 Å². The number of aromatic nitrogens is 2. The van der Waals surface area contributed by atoms with Gasteiger partial charge in [0.05, 0.1) is 21.8 Å². The van der Waals surface area contributed by atoms with Gasteiger partial charge in [0.1, 0.15) is 0 Å². The smallest absolute Gasteiger partial charge is 0.266 e. The summed E-state index contributed by atoms with van der Waals surface area (Å²) in [7, 11) is 0. The quantitative estimate of drug-likeness (QED) is 0.480. The van der Waals surface area contributed by atoms with Gasteiger partial charge in [-0.05, 0) is 64.4 Å². The van der Waals surface area contributed by atoms with E-state index in [0.717, 1.165) is 5.56 Å². The van der Waals surface area contributed by atoms with Crippen LogP contribution in [0.2, 0.25) is 5.02 Å². The number of para-hydroxylation sites is 1. The standard InChI is InChI=1S/C22H24ClN3O2S/c1-13-16(23)10-8-12-18(13)26-20(28)15-9-6-7-11-17(15)24-21(26)29-14(2)19(27)25-22(3,4)5/h6-12,14H,1-5H3,(H,25,27). The molecule has 152 valence electrons. The summed E-state index contributed by atoms with van der Waals surface area (Å²) in [5.41, 5.74) is 1.51. The Hall–Kier alpha value is -2.31. The number of hydrogen-bond acceptors (Lipinski definition) is 4. The molecule has 1 amide bonds. The fraction of sp³-hybridized carbons (Fsp3) is 0.318. The van der Waals surface area contributed by atoms with E-state index in [1.54, 1.807) is 28.8 Å². The minimum atomic E-state index is -0.437. The SMILES string of the molecule is Cc1c(Cl)cccc1-n1c(SC(C)C(=O)NC(C)(C)C)nc2ccccc2c1=O. The third-order valence-corrected chi connectivity index (χ3v) is 5.84. The minimum absolute atomic E-state index is 0.112. The molecule has 29 heavy (non-hydrogen) atoms. The monoisotopic (exact) mass is 429 g/mol. The number of carbonyl (C=O) groups excluding carboxylic acids is 1. The van der Waals surface area contributed by atoms with E-state index in [1.165, 1.54) is 11.8 Å². The second-order valence-electron chi connectivity index (χ2n) is 7.94. The highest BCUT2D eigenvalue weighted by molar-refractivity contribution is 8.00. The van der Waals surface area contributed by atoms with Gasteiger partial charge in [-0.15, -0.1) is 0 Å². The second-order valence-corrected chi connectivity index (χ2v) is 9.65. The van der Waals surface area contributed by atoms with Gasteiger partial charge in [-0.1, -0.05) is 41.6 Å². The molecule has 2 aromatic carbocycles. The molecule has 0 aliphatic rings. The van der Waals surface area contributed by atoms with Crippen LogP contribution < -0.4 is 10.9 Å². The Morgan fingerprint density at radius 2 is 1.86 bits per heavy atom. The lowest BCUT2D eigenvalue weighted by Gasteiger charge is -2.23. The Kier molecular flexibility index (Phi) is 6.05. The Bertz CT molecular complexity index is 1140. The fourth-order valence-electron chi connectivity index (χ4n) is 2.93. The summed E-state index contributed by atoms with van der Waals surface area (Å²) >= 11 is 7.56. The van der Waals surface area contributed by atoms with Crippen LogP contribution in [0.25, 0.3) is 16.6 Å². The molecule has 0 aliphatic carbocycles. The molecule has 0 saturated heterocycles. The summed E-state index contributed by atoms with van der Waals surface area (Å²) in [5.74, 6) is -0.112. The van der Waals surface area contributed by atoms with Crippen LogP contribution in [0, 0.1) is 6.92 Å². The van der Waals surface area contributed by atoms with Crippen molar-refractivity contribution in [3.63, 3.8) is 0 Å². The van der Waals surface area contributed by atoms with Crippen LogP contribution in [0.15, 0.2) is 52.4 Å². The summed E-state index contributed by atoms with van der Waals surface area (Å²) in [6.07, 6.45) is 0. The van der Waals surface area contributed by atoms with Gasteiger partial charge in [0.25, 0.3) is 5.56 Å². The number of amides is 1. The second kappa shape index (κ2) is 8.20. The summed E-state index contributed by atoms with van der Waals surface area (Å²) in [6, 6.07) is 12.6. The molecule has 3 rings (SSSR count). The number of benzene rings is 2. The number of hydrogen-bond donors (Lipinski definition) is 1. The number of nitrogens with zero attached hydrogens (tertiary/aromatic N) is 2. The average Bonchev–Trinajstić information content (AvgIpc) is 2.63. The van der Waals surface area contributed by atoms with E-state index < -0.39 is 5.25 Å². The summed E-state index contributed by atoms with van der Waals surface area (Å²) in [4.78, 5) is 30.7. The maximum Gasteiger partial charge on any atom is 0.266 e. The van der Waals surface area contributed by atoms with Crippen molar-refractivity contribution in [2.24, 2.45) is 0 Å². The van der Waals surface area contributed by atoms with Crippen molar-refractivity contribution < 1.29 is 4.79 Å². The lowest BCUT2D eigenvalue weighted by Crippen LogP contribution is -2.44. The van der Waals surface area contributed by atoms with Crippen LogP contribution in [0.4, 0.5) is 0 Å². The van der Waals surface area contributed by atoms with Gasteiger partial charge in [0.15, 0.2) is 5.16 Å². The van der Waals surface area contributed by atoms with Crippen molar-refractivity contribution in [2.75, 3.05) is 0 Å². The average molecular weight is 430 g/mol. The molecule has 0 radical (unpaired) electrons. The first-order valence-electron chi connectivity index (χ1n) is 9.34. The van der Waals surface area contributed by atoms with Gasteiger partial charge in [-0.2, -0.15) is 0 Å². The highest BCUT2D eigenvalue weighted by atomic mass is 35.5. The van der Waals surface area contributed by atoms with Gasteiger partial charge in [0, 0.05) is 10.6 Å². The van der Waals surface area contributed by atoms with E-state index in [-0.39, 0.29) is 17.0 Å². The van der Waals surface area contributed by atoms with E-state index in [2.05, 4.69) is 5.32 Å². The predicted molar refractivity (Wildman–Crippen MR) is 120 cm³/mol. The van der Waals surface area contributed by atoms with Crippen molar-refractivity contribution in [2.45, 2.75) is 50.6 Å². The van der Waals surface area contributed by atoms with E-state index in [1.807, 2.05) is 52.8 Å². The highest BCUT2D eigenvalue weighted by Gasteiger charge is 2.23. The Morgan fingerprint density at radius 3 is 2.55 bits per heavy atom. The first kappa shape index (κ1) is 21.4. The number of thioether (sulfide) groups is 1. The van der Waals surface area contributed by atoms with E-state index >= 15 is 0 Å². The fourth-order valence-corrected chi connectivity index (χ4v) is 4.01. The molecule has 0 fully saturated rings. The van der Waals surface area contributed by atoms with Gasteiger partial charge >= 0.3 is 0 Å². The Balaban J connectivity index is 2.16. The third-order valence-electron chi connectivity index (χ3n) is 4.37. The Morgan fingerprint density at radius 1 is 1.17 bits per heavy atom. The maximum absolute atomic E-state index is 13.4. The van der Waals surface area contributed by atoms with Gasteiger partial charge < -0.3 is 5.32 Å². The molecular formula is C22H24ClN3O2S. The molecule has 1 N–H and O–H groups in total. The summed E-state index contributed by atoms with van der Waals surface area (Å²) in [6.45, 7) is 9.47. The first-order chi connectivity index (χ1) is 13.6. The number of fused-ring (bicyclic) bond motifs is 1. The largest absolute Gasteiger partial charge is 0.351 e. The van der Waals surface area contributed by atoms with Crippen molar-refractivity contribution in [1.82, 2.24) is 14.9 Å². The number of carbonyl (C=O) groups is 1. The molecule has 0 saturated carbocycles. The van der Waals surface area contributed by atoms with E-state index in [9.17, 15) is 9.59 Å². The van der Waals surface area contributed by atoms with Crippen molar-refractivity contribution in [3.8, 4) is 5.69 Å². The lowest BCUT2D eigenvalue weighted by atomic mass is 10.1. The highest BCUT2D eigenvalue weighted by Crippen LogP contribution is 2.28. The molecule has 0 bridgehead atoms. The van der Waals surface area contributed by atoms with Gasteiger partial charge in [-0.25, -0.2) is 4.98 Å². The van der Waals surface area contributed by atoms with Crippen LogP contribution in [0.3, 0.4) is 0 Å². The van der Waals surface area contributed by atoms with Crippen molar-refractivity contribution in [3.05, 3.63) is 63.4 Å². The molecule has 3 aromatic rings. The lowest BCUT2D eigenvalue weighted by molar-refractivity contribution is -0.121. The van der Waals surface area contributed by atoms with Crippen LogP contribution >= 0.6 is 23.4 Å². The van der Waals surface area contributed by atoms with E-state index in [0.29, 0.717) is 26.8 Å². The molecule has 1 heterocycles. The zero-order valence-electron chi connectivity index (χ0n) is 17.1. The summed E-state index contributed by atoms with van der Waals surface area (Å²) in [5, 5.41) is 4.08. The zero-order chi connectivity index (χ0) is 21.3. The van der Waals surface area contributed by atoms with Crippen molar-refractivity contribution in [1.29, 1.82) is 0 Å². The van der Waals surface area contributed by atoms with Crippen molar-refractivity contribution >= 4 is 40.2 Å². The topological polar surface area (TPSA) is 64.0 Å². The molecule has 0 spiro atoms. The molecule has 1 unspecified atom stereocenters. The number of rotatable bonds is 4. The number of nitrogens with one attached hydrogen (secondary N) is 1. The summed E-state index contributed by atoms with van der Waals surface area (Å²) < 4.78 is 1.55. The molecule has 1 aromatic heterocycles. The molecule has 1 atom stereocenters. The molecule has 5 nitrogen and oxygen atoms in total. The molecule has 7 heteroatoms. The van der Waals surface area contributed by atoms with Crippen LogP contribution in [0.5, 0.6) is 0 Å². The molecular weight excluding hydrogens is 406 g/mol. The third kappa shape index (κ3) is 4.65. The van der Waals surface area contributed by atoms with Gasteiger partial charge in [-0.3, -0.25) is 14.2 Å². The molecule has 0 aliphatic heterocycles. The van der Waals surface area contributed by atoms with Crippen LogP contribution in [-0.2, 0) is 4.79 Å². The Labute approximate surface area is 179 Å². The van der Waals surface area contributed by atoms with Crippen LogP contribution in [0.1, 0.15) is 33.3 Å². The van der Waals surface area contributed by atoms with Gasteiger partial charge in [0.2, 0.25) is 5.91 Å².